The zero-order valence-corrected chi connectivity index (χ0v) is 19.9. The first-order chi connectivity index (χ1) is 16.1. The number of hydrogen-bond acceptors (Lipinski definition) is 8. The van der Waals surface area contributed by atoms with Crippen LogP contribution in [0.25, 0.3) is 5.57 Å². The van der Waals surface area contributed by atoms with Crippen molar-refractivity contribution in [2.24, 2.45) is 0 Å². The normalized spacial score (nSPS) is 13.7. The molecule has 0 atom stereocenters. The molecule has 0 saturated heterocycles. The Morgan fingerprint density at radius 2 is 1.68 bits per heavy atom. The van der Waals surface area contributed by atoms with Crippen molar-refractivity contribution in [2.45, 2.75) is 13.8 Å². The van der Waals surface area contributed by atoms with Gasteiger partial charge in [-0.15, -0.1) is 0 Å². The number of Topliss-reactive ketones (excluding diaryl/α,β-unsaturated/α-hetero) is 2. The second-order valence-corrected chi connectivity index (χ2v) is 7.56. The number of halogens is 1. The fraction of sp³-hybridized carbons (Fsp3) is 0.208. The molecule has 1 amide bonds. The summed E-state index contributed by atoms with van der Waals surface area (Å²) in [5.41, 5.74) is 0.804. The van der Waals surface area contributed by atoms with Gasteiger partial charge in [-0.05, 0) is 36.8 Å². The van der Waals surface area contributed by atoms with E-state index < -0.39 is 23.4 Å². The number of carbonyl (C=O) groups is 4. The summed E-state index contributed by atoms with van der Waals surface area (Å²) in [6.45, 7) is 2.66. The molecule has 0 saturated carbocycles. The Morgan fingerprint density at radius 1 is 1.03 bits per heavy atom. The summed E-state index contributed by atoms with van der Waals surface area (Å²) in [5.74, 6) is -2.85. The monoisotopic (exact) mass is 484 g/mol. The van der Waals surface area contributed by atoms with Crippen molar-refractivity contribution >= 4 is 46.3 Å². The fourth-order valence-corrected chi connectivity index (χ4v) is 3.75. The highest BCUT2D eigenvalue weighted by atomic mass is 35.5. The molecule has 34 heavy (non-hydrogen) atoms. The first-order valence-electron chi connectivity index (χ1n) is 9.96. The SMILES string of the molecule is COC1=C(OC)C(=O)C(c2ccc(C(=O)N(C)c3cccnc3Cl)c(OC(C)=O)c2)=C(C)C1=O. The number of ether oxygens (including phenoxy) is 3. The van der Waals surface area contributed by atoms with Crippen LogP contribution in [-0.2, 0) is 23.9 Å². The van der Waals surface area contributed by atoms with Gasteiger partial charge in [-0.3, -0.25) is 19.2 Å². The molecular weight excluding hydrogens is 464 g/mol. The van der Waals surface area contributed by atoms with Crippen LogP contribution in [0.5, 0.6) is 5.75 Å². The molecule has 1 aromatic heterocycles. The predicted octanol–water partition coefficient (Wildman–Crippen LogP) is 3.37. The van der Waals surface area contributed by atoms with E-state index in [-0.39, 0.29) is 44.7 Å². The van der Waals surface area contributed by atoms with Gasteiger partial charge in [0.05, 0.1) is 25.5 Å². The fourth-order valence-electron chi connectivity index (χ4n) is 3.50. The lowest BCUT2D eigenvalue weighted by molar-refractivity contribution is -0.131. The average Bonchev–Trinajstić information content (AvgIpc) is 2.80. The zero-order valence-electron chi connectivity index (χ0n) is 19.1. The van der Waals surface area contributed by atoms with E-state index in [1.54, 1.807) is 12.1 Å². The molecule has 0 radical (unpaired) electrons. The first kappa shape index (κ1) is 24.7. The summed E-state index contributed by atoms with van der Waals surface area (Å²) in [6, 6.07) is 7.46. The van der Waals surface area contributed by atoms with Gasteiger partial charge in [0.25, 0.3) is 5.91 Å². The molecule has 0 spiro atoms. The van der Waals surface area contributed by atoms with Gasteiger partial charge in [-0.25, -0.2) is 4.98 Å². The summed E-state index contributed by atoms with van der Waals surface area (Å²) >= 11 is 6.11. The Labute approximate surface area is 200 Å². The number of rotatable bonds is 6. The van der Waals surface area contributed by atoms with Crippen molar-refractivity contribution in [3.8, 4) is 5.75 Å². The Bertz CT molecular complexity index is 1280. The van der Waals surface area contributed by atoms with Crippen molar-refractivity contribution in [1.29, 1.82) is 0 Å². The number of anilines is 1. The van der Waals surface area contributed by atoms with Gasteiger partial charge in [0.2, 0.25) is 23.1 Å². The maximum atomic E-state index is 13.2. The minimum atomic E-state index is -0.677. The number of carbonyl (C=O) groups excluding carboxylic acids is 4. The minimum Gasteiger partial charge on any atom is -0.489 e. The molecule has 1 aliphatic carbocycles. The van der Waals surface area contributed by atoms with E-state index in [1.165, 1.54) is 64.4 Å². The first-order valence-corrected chi connectivity index (χ1v) is 10.3. The smallest absolute Gasteiger partial charge is 0.308 e. The average molecular weight is 485 g/mol. The maximum absolute atomic E-state index is 13.2. The van der Waals surface area contributed by atoms with E-state index in [0.717, 1.165) is 0 Å². The molecule has 176 valence electrons. The number of benzene rings is 1. The summed E-state index contributed by atoms with van der Waals surface area (Å²) in [7, 11) is 4.01. The molecule has 1 aliphatic rings. The predicted molar refractivity (Wildman–Crippen MR) is 123 cm³/mol. The highest BCUT2D eigenvalue weighted by Crippen LogP contribution is 2.35. The van der Waals surface area contributed by atoms with Crippen molar-refractivity contribution < 1.29 is 33.4 Å². The van der Waals surface area contributed by atoms with Gasteiger partial charge >= 0.3 is 5.97 Å². The van der Waals surface area contributed by atoms with Crippen LogP contribution in [0.15, 0.2) is 53.6 Å². The van der Waals surface area contributed by atoms with Crippen LogP contribution >= 0.6 is 11.6 Å². The summed E-state index contributed by atoms with van der Waals surface area (Å²) in [4.78, 5) is 56.0. The van der Waals surface area contributed by atoms with Crippen molar-refractivity contribution in [3.63, 3.8) is 0 Å². The second-order valence-electron chi connectivity index (χ2n) is 7.21. The molecule has 10 heteroatoms. The summed E-state index contributed by atoms with van der Waals surface area (Å²) < 4.78 is 15.4. The van der Waals surface area contributed by atoms with Crippen LogP contribution in [0.1, 0.15) is 29.8 Å². The van der Waals surface area contributed by atoms with Crippen molar-refractivity contribution in [2.75, 3.05) is 26.2 Å². The Morgan fingerprint density at radius 3 is 2.26 bits per heavy atom. The van der Waals surface area contributed by atoms with E-state index in [1.807, 2.05) is 0 Å². The molecule has 0 N–H and O–H groups in total. The lowest BCUT2D eigenvalue weighted by atomic mass is 9.87. The van der Waals surface area contributed by atoms with Crippen LogP contribution in [-0.4, -0.2) is 49.7 Å². The lowest BCUT2D eigenvalue weighted by Crippen LogP contribution is -2.28. The number of methoxy groups -OCH3 is 2. The highest BCUT2D eigenvalue weighted by Gasteiger charge is 2.36. The zero-order chi connectivity index (χ0) is 25.2. The van der Waals surface area contributed by atoms with Gasteiger partial charge in [0, 0.05) is 31.3 Å². The second kappa shape index (κ2) is 9.88. The number of pyridine rings is 1. The van der Waals surface area contributed by atoms with Gasteiger partial charge in [0.1, 0.15) is 5.75 Å². The third kappa shape index (κ3) is 4.42. The van der Waals surface area contributed by atoms with Crippen molar-refractivity contribution in [3.05, 3.63) is 69.9 Å². The maximum Gasteiger partial charge on any atom is 0.308 e. The standard InChI is InChI=1S/C24H21ClN2O7/c1-12-18(20(30)22(33-5)21(32-4)19(12)29)14-8-9-15(17(11-14)34-13(2)28)24(31)27(3)16-7-6-10-26-23(16)25/h6-11H,1-5H3. The van der Waals surface area contributed by atoms with Crippen LogP contribution < -0.4 is 9.64 Å². The van der Waals surface area contributed by atoms with E-state index in [0.29, 0.717) is 5.69 Å². The minimum absolute atomic E-state index is 0.0364. The van der Waals surface area contributed by atoms with Gasteiger partial charge in [-0.1, -0.05) is 17.7 Å². The molecule has 0 bridgehead atoms. The summed E-state index contributed by atoms with van der Waals surface area (Å²) in [5, 5.41) is 0.115. The van der Waals surface area contributed by atoms with Crippen LogP contribution in [0.2, 0.25) is 5.15 Å². The van der Waals surface area contributed by atoms with E-state index >= 15 is 0 Å². The number of nitrogens with zero attached hydrogens (tertiary/aromatic N) is 2. The number of aromatic nitrogens is 1. The van der Waals surface area contributed by atoms with Crippen LogP contribution in [0.3, 0.4) is 0 Å². The van der Waals surface area contributed by atoms with Gasteiger partial charge < -0.3 is 19.1 Å². The van der Waals surface area contributed by atoms with Crippen molar-refractivity contribution in [1.82, 2.24) is 4.98 Å². The van der Waals surface area contributed by atoms with E-state index in [4.69, 9.17) is 25.8 Å². The molecule has 1 heterocycles. The number of esters is 1. The molecule has 2 aromatic rings. The summed E-state index contributed by atoms with van der Waals surface area (Å²) in [6.07, 6.45) is 1.49. The highest BCUT2D eigenvalue weighted by molar-refractivity contribution is 6.38. The number of ketones is 2. The molecular formula is C24H21ClN2O7. The Kier molecular flexibility index (Phi) is 7.17. The quantitative estimate of drug-likeness (QED) is 0.265. The third-order valence-corrected chi connectivity index (χ3v) is 5.42. The molecule has 1 aromatic carbocycles. The largest absolute Gasteiger partial charge is 0.489 e. The van der Waals surface area contributed by atoms with Gasteiger partial charge in [0.15, 0.2) is 5.15 Å². The Hall–Kier alpha value is -3.98. The molecule has 0 aliphatic heterocycles. The molecule has 9 nitrogen and oxygen atoms in total. The number of allylic oxidation sites excluding steroid dienone is 2. The number of amides is 1. The Balaban J connectivity index is 2.11. The number of hydrogen-bond donors (Lipinski definition) is 0. The molecule has 3 rings (SSSR count). The van der Waals surface area contributed by atoms with E-state index in [9.17, 15) is 19.2 Å². The third-order valence-electron chi connectivity index (χ3n) is 5.13. The van der Waals surface area contributed by atoms with E-state index in [2.05, 4.69) is 4.98 Å². The van der Waals surface area contributed by atoms with Crippen LogP contribution in [0, 0.1) is 0 Å². The van der Waals surface area contributed by atoms with Gasteiger partial charge in [-0.2, -0.15) is 0 Å². The topological polar surface area (TPSA) is 112 Å². The lowest BCUT2D eigenvalue weighted by Gasteiger charge is -2.22. The molecule has 0 unspecified atom stereocenters. The van der Waals surface area contributed by atoms with Crippen LogP contribution in [0.4, 0.5) is 5.69 Å². The molecule has 0 fully saturated rings.